The predicted molar refractivity (Wildman–Crippen MR) is 148 cm³/mol. The van der Waals surface area contributed by atoms with Crippen molar-refractivity contribution < 1.29 is 0 Å². The Labute approximate surface area is 222 Å². The fraction of sp³-hybridized carbons (Fsp3) is 0.258. The quantitative estimate of drug-likeness (QED) is 0.288. The first kappa shape index (κ1) is 25.1. The summed E-state index contributed by atoms with van der Waals surface area (Å²) in [7, 11) is 0. The number of nitriles is 1. The van der Waals surface area contributed by atoms with Crippen LogP contribution in [-0.4, -0.2) is 24.1 Å². The molecule has 0 saturated heterocycles. The van der Waals surface area contributed by atoms with E-state index >= 15 is 0 Å². The van der Waals surface area contributed by atoms with Gasteiger partial charge in [0.15, 0.2) is 0 Å². The molecule has 0 amide bonds. The zero-order valence-electron chi connectivity index (χ0n) is 22.0. The van der Waals surface area contributed by atoms with Crippen molar-refractivity contribution in [1.82, 2.24) is 24.1 Å². The van der Waals surface area contributed by atoms with E-state index < -0.39 is 0 Å². The molecule has 38 heavy (non-hydrogen) atoms. The van der Waals surface area contributed by atoms with E-state index in [1.807, 2.05) is 78.3 Å². The van der Waals surface area contributed by atoms with Gasteiger partial charge in [-0.25, -0.2) is 4.52 Å². The average Bonchev–Trinajstić information content (AvgIpc) is 3.34. The minimum atomic E-state index is -0.0492. The van der Waals surface area contributed by atoms with Crippen LogP contribution < -0.4 is 5.56 Å². The molecule has 0 radical (unpaired) electrons. The summed E-state index contributed by atoms with van der Waals surface area (Å²) in [6.07, 6.45) is 4.80. The first-order valence-corrected chi connectivity index (χ1v) is 13.0. The van der Waals surface area contributed by atoms with E-state index in [1.54, 1.807) is 4.57 Å². The zero-order valence-corrected chi connectivity index (χ0v) is 22.0. The van der Waals surface area contributed by atoms with Gasteiger partial charge in [-0.05, 0) is 54.2 Å². The van der Waals surface area contributed by atoms with Gasteiger partial charge < -0.3 is 0 Å². The third-order valence-corrected chi connectivity index (χ3v) is 6.81. The fourth-order valence-corrected chi connectivity index (χ4v) is 4.86. The normalized spacial score (nSPS) is 11.1. The molecule has 5 rings (SSSR count). The summed E-state index contributed by atoms with van der Waals surface area (Å²) < 4.78 is 3.57. The summed E-state index contributed by atoms with van der Waals surface area (Å²) in [4.78, 5) is 23.2. The first-order valence-electron chi connectivity index (χ1n) is 13.0. The molecule has 0 fully saturated rings. The van der Waals surface area contributed by atoms with E-state index in [9.17, 15) is 10.1 Å². The Balaban J connectivity index is 1.58. The zero-order chi connectivity index (χ0) is 26.6. The van der Waals surface area contributed by atoms with Crippen molar-refractivity contribution in [1.29, 1.82) is 5.26 Å². The van der Waals surface area contributed by atoms with Gasteiger partial charge >= 0.3 is 0 Å². The van der Waals surface area contributed by atoms with Crippen molar-refractivity contribution >= 4 is 5.78 Å². The van der Waals surface area contributed by atoms with Gasteiger partial charge in [-0.3, -0.25) is 14.3 Å². The SMILES string of the molecule is CCCc1c(Cc2ccc(-c3ccccc3C#N)cc2)c(=O)n(Cc2ccc(CC)nc2)c2nc(C)nn12. The highest BCUT2D eigenvalue weighted by Gasteiger charge is 2.20. The van der Waals surface area contributed by atoms with E-state index in [4.69, 9.17) is 0 Å². The Morgan fingerprint density at radius 1 is 0.974 bits per heavy atom. The van der Waals surface area contributed by atoms with Crippen LogP contribution in [-0.2, 0) is 25.8 Å². The van der Waals surface area contributed by atoms with Crippen LogP contribution in [0.15, 0.2) is 71.7 Å². The highest BCUT2D eigenvalue weighted by Crippen LogP contribution is 2.24. The largest absolute Gasteiger partial charge is 0.272 e. The molecule has 0 saturated carbocycles. The van der Waals surface area contributed by atoms with Gasteiger partial charge in [-0.1, -0.05) is 68.8 Å². The minimum Gasteiger partial charge on any atom is -0.272 e. The molecule has 0 spiro atoms. The second kappa shape index (κ2) is 10.8. The van der Waals surface area contributed by atoms with Crippen molar-refractivity contribution in [3.63, 3.8) is 0 Å². The minimum absolute atomic E-state index is 0.0492. The van der Waals surface area contributed by atoms with Gasteiger partial charge in [-0.15, -0.1) is 0 Å². The Hall–Kier alpha value is -4.57. The van der Waals surface area contributed by atoms with Gasteiger partial charge in [-0.2, -0.15) is 15.3 Å². The third-order valence-electron chi connectivity index (χ3n) is 6.81. The summed E-state index contributed by atoms with van der Waals surface area (Å²) in [5.74, 6) is 1.19. The maximum atomic E-state index is 14.0. The van der Waals surface area contributed by atoms with Gasteiger partial charge in [0.2, 0.25) is 5.78 Å². The molecule has 0 aliphatic heterocycles. The Kier molecular flexibility index (Phi) is 7.14. The van der Waals surface area contributed by atoms with Crippen molar-refractivity contribution in [2.24, 2.45) is 0 Å². The number of pyridine rings is 1. The average molecular weight is 503 g/mol. The molecule has 0 atom stereocenters. The van der Waals surface area contributed by atoms with Crippen LogP contribution in [0.5, 0.6) is 0 Å². The summed E-state index contributed by atoms with van der Waals surface area (Å²) in [6.45, 7) is 6.41. The lowest BCUT2D eigenvalue weighted by atomic mass is 9.97. The van der Waals surface area contributed by atoms with E-state index in [0.29, 0.717) is 30.1 Å². The predicted octanol–water partition coefficient (Wildman–Crippen LogP) is 5.29. The fourth-order valence-electron chi connectivity index (χ4n) is 4.86. The summed E-state index contributed by atoms with van der Waals surface area (Å²) >= 11 is 0. The molecule has 0 aliphatic rings. The number of hydrogen-bond donors (Lipinski definition) is 0. The lowest BCUT2D eigenvalue weighted by Crippen LogP contribution is -2.30. The molecule has 3 aromatic heterocycles. The van der Waals surface area contributed by atoms with Crippen LogP contribution in [0.1, 0.15) is 59.7 Å². The second-order valence-corrected chi connectivity index (χ2v) is 9.48. The molecule has 5 aromatic rings. The molecule has 3 heterocycles. The topological polar surface area (TPSA) is 88.9 Å². The number of nitrogens with zero attached hydrogens (tertiary/aromatic N) is 6. The molecule has 7 nitrogen and oxygen atoms in total. The van der Waals surface area contributed by atoms with Crippen molar-refractivity contribution in [3.8, 4) is 17.2 Å². The molecular weight excluding hydrogens is 472 g/mol. The molecule has 190 valence electrons. The number of fused-ring (bicyclic) bond motifs is 1. The highest BCUT2D eigenvalue weighted by molar-refractivity contribution is 5.70. The summed E-state index contributed by atoms with van der Waals surface area (Å²) in [6, 6.07) is 22.0. The Morgan fingerprint density at radius 3 is 2.42 bits per heavy atom. The van der Waals surface area contributed by atoms with Crippen LogP contribution in [0.25, 0.3) is 16.9 Å². The number of rotatable bonds is 8. The monoisotopic (exact) mass is 502 g/mol. The lowest BCUT2D eigenvalue weighted by Gasteiger charge is -2.16. The summed E-state index contributed by atoms with van der Waals surface area (Å²) in [5, 5.41) is 14.2. The molecule has 0 aliphatic carbocycles. The van der Waals surface area contributed by atoms with Crippen LogP contribution >= 0.6 is 0 Å². The molecule has 0 bridgehead atoms. The van der Waals surface area contributed by atoms with E-state index in [1.165, 1.54) is 0 Å². The first-order chi connectivity index (χ1) is 18.5. The molecule has 2 aromatic carbocycles. The lowest BCUT2D eigenvalue weighted by molar-refractivity contribution is 0.688. The smallest absolute Gasteiger partial charge is 0.259 e. The summed E-state index contributed by atoms with van der Waals surface area (Å²) in [5.41, 5.74) is 7.09. The van der Waals surface area contributed by atoms with Crippen molar-refractivity contribution in [2.45, 2.75) is 53.0 Å². The van der Waals surface area contributed by atoms with E-state index in [0.717, 1.165) is 58.5 Å². The van der Waals surface area contributed by atoms with Crippen LogP contribution in [0.3, 0.4) is 0 Å². The number of aromatic nitrogens is 5. The van der Waals surface area contributed by atoms with Gasteiger partial charge in [0.25, 0.3) is 5.56 Å². The van der Waals surface area contributed by atoms with Crippen LogP contribution in [0, 0.1) is 18.3 Å². The number of benzene rings is 2. The van der Waals surface area contributed by atoms with Crippen LogP contribution in [0.4, 0.5) is 0 Å². The van der Waals surface area contributed by atoms with E-state index in [2.05, 4.69) is 35.0 Å². The third kappa shape index (κ3) is 4.85. The number of aryl methyl sites for hydroxylation is 3. The van der Waals surface area contributed by atoms with Gasteiger partial charge in [0.1, 0.15) is 5.82 Å². The van der Waals surface area contributed by atoms with Gasteiger partial charge in [0, 0.05) is 23.9 Å². The maximum Gasteiger partial charge on any atom is 0.259 e. The molecule has 7 heteroatoms. The van der Waals surface area contributed by atoms with Crippen molar-refractivity contribution in [2.75, 3.05) is 0 Å². The second-order valence-electron chi connectivity index (χ2n) is 9.48. The maximum absolute atomic E-state index is 14.0. The molecular formula is C31H30N6O. The number of hydrogen-bond acceptors (Lipinski definition) is 5. The Morgan fingerprint density at radius 2 is 1.74 bits per heavy atom. The van der Waals surface area contributed by atoms with Gasteiger partial charge in [0.05, 0.1) is 23.9 Å². The Bertz CT molecular complexity index is 1690. The van der Waals surface area contributed by atoms with Crippen molar-refractivity contribution in [3.05, 3.63) is 117 Å². The molecule has 0 N–H and O–H groups in total. The standard InChI is InChI=1S/C31H30N6O/c1-4-8-29-28(17-22-11-14-24(15-12-22)27-10-7-6-9-25(27)18-32)30(38)36(31-34-21(3)35-37(29)31)20-23-13-16-26(5-2)33-19-23/h6-7,9-16,19H,4-5,8,17,20H2,1-3H3. The van der Waals surface area contributed by atoms with Crippen LogP contribution in [0.2, 0.25) is 0 Å². The highest BCUT2D eigenvalue weighted by atomic mass is 16.1. The van der Waals surface area contributed by atoms with E-state index in [-0.39, 0.29) is 5.56 Å². The molecule has 0 unspecified atom stereocenters.